The summed E-state index contributed by atoms with van der Waals surface area (Å²) in [5.41, 5.74) is 3.41. The number of imidazole rings is 1. The molecule has 0 bridgehead atoms. The van der Waals surface area contributed by atoms with Crippen LogP contribution in [0.15, 0.2) is 11.1 Å². The fourth-order valence-corrected chi connectivity index (χ4v) is 3.46. The van der Waals surface area contributed by atoms with Crippen LogP contribution in [0.2, 0.25) is 0 Å². The first-order chi connectivity index (χ1) is 11.5. The van der Waals surface area contributed by atoms with Crippen molar-refractivity contribution in [3.63, 3.8) is 0 Å². The molecule has 0 aromatic carbocycles. The van der Waals surface area contributed by atoms with Gasteiger partial charge < -0.3 is 35.0 Å². The summed E-state index contributed by atoms with van der Waals surface area (Å²) in [4.78, 5) is 39.9. The third-order valence-corrected chi connectivity index (χ3v) is 4.81. The number of aliphatic hydroxyl groups excluding tert-OH is 1. The topological polar surface area (TPSA) is 197 Å². The first-order valence-corrected chi connectivity index (χ1v) is 9.09. The van der Waals surface area contributed by atoms with Gasteiger partial charge in [0.2, 0.25) is 5.95 Å². The van der Waals surface area contributed by atoms with Gasteiger partial charge in [-0.1, -0.05) is 0 Å². The fourth-order valence-electron chi connectivity index (χ4n) is 3.08. The van der Waals surface area contributed by atoms with Gasteiger partial charge in [0, 0.05) is 0 Å². The SMILES string of the molecule is C[C@@]1(O)[C@H](O)[C@@H](OCP(=O)(O)O)C[C@H]1n1cnc2c(=O)[nH]c(N)nc21. The van der Waals surface area contributed by atoms with E-state index in [1.165, 1.54) is 17.8 Å². The number of hydrogen-bond acceptors (Lipinski definition) is 8. The van der Waals surface area contributed by atoms with E-state index in [2.05, 4.69) is 15.0 Å². The molecule has 4 atom stereocenters. The summed E-state index contributed by atoms with van der Waals surface area (Å²) in [6.45, 7) is 1.35. The molecular formula is C12H18N5O7P. The Morgan fingerprint density at radius 1 is 1.56 bits per heavy atom. The van der Waals surface area contributed by atoms with Crippen molar-refractivity contribution < 1.29 is 29.3 Å². The average Bonchev–Trinajstić information content (AvgIpc) is 2.97. The van der Waals surface area contributed by atoms with Gasteiger partial charge in [-0.2, -0.15) is 4.98 Å². The number of ether oxygens (including phenoxy) is 1. The first kappa shape index (κ1) is 18.0. The summed E-state index contributed by atoms with van der Waals surface area (Å²) in [7, 11) is -4.43. The molecule has 1 fully saturated rings. The van der Waals surface area contributed by atoms with E-state index in [-0.39, 0.29) is 23.5 Å². The highest BCUT2D eigenvalue weighted by atomic mass is 31.2. The Balaban J connectivity index is 1.97. The van der Waals surface area contributed by atoms with Crippen molar-refractivity contribution in [1.29, 1.82) is 0 Å². The number of nitrogens with one attached hydrogen (secondary N) is 1. The summed E-state index contributed by atoms with van der Waals surface area (Å²) >= 11 is 0. The maximum atomic E-state index is 11.9. The molecule has 1 saturated carbocycles. The molecule has 7 N–H and O–H groups in total. The Kier molecular flexibility index (Phi) is 4.22. The van der Waals surface area contributed by atoms with Gasteiger partial charge in [-0.3, -0.25) is 14.3 Å². The Bertz CT molecular complexity index is 903. The lowest BCUT2D eigenvalue weighted by molar-refractivity contribution is -0.0994. The highest BCUT2D eigenvalue weighted by molar-refractivity contribution is 7.51. The van der Waals surface area contributed by atoms with Crippen molar-refractivity contribution in [2.45, 2.75) is 37.2 Å². The number of nitrogens with zero attached hydrogens (tertiary/aromatic N) is 3. The number of aromatic amines is 1. The van der Waals surface area contributed by atoms with Gasteiger partial charge >= 0.3 is 7.60 Å². The van der Waals surface area contributed by atoms with Crippen LogP contribution in [0, 0.1) is 0 Å². The first-order valence-electron chi connectivity index (χ1n) is 7.29. The van der Waals surface area contributed by atoms with E-state index in [0.29, 0.717) is 0 Å². The number of aromatic nitrogens is 4. The zero-order valence-electron chi connectivity index (χ0n) is 13.1. The monoisotopic (exact) mass is 375 g/mol. The molecule has 25 heavy (non-hydrogen) atoms. The lowest BCUT2D eigenvalue weighted by atomic mass is 9.98. The molecule has 138 valence electrons. The van der Waals surface area contributed by atoms with Crippen molar-refractivity contribution in [2.75, 3.05) is 12.1 Å². The number of nitrogens with two attached hydrogens (primary N) is 1. The minimum absolute atomic E-state index is 0.0130. The van der Waals surface area contributed by atoms with E-state index in [1.807, 2.05) is 0 Å². The number of aliphatic hydroxyl groups is 2. The minimum Gasteiger partial charge on any atom is -0.387 e. The van der Waals surface area contributed by atoms with E-state index >= 15 is 0 Å². The largest absolute Gasteiger partial charge is 0.387 e. The third-order valence-electron chi connectivity index (χ3n) is 4.32. The summed E-state index contributed by atoms with van der Waals surface area (Å²) in [5, 5.41) is 21.0. The van der Waals surface area contributed by atoms with Gasteiger partial charge in [-0.15, -0.1) is 0 Å². The molecule has 3 rings (SSSR count). The molecule has 13 heteroatoms. The fraction of sp³-hybridized carbons (Fsp3) is 0.583. The van der Waals surface area contributed by atoms with Crippen molar-refractivity contribution in [3.8, 4) is 0 Å². The molecule has 0 radical (unpaired) electrons. The van der Waals surface area contributed by atoms with Crippen LogP contribution >= 0.6 is 7.60 Å². The van der Waals surface area contributed by atoms with Crippen molar-refractivity contribution >= 4 is 24.7 Å². The molecule has 2 heterocycles. The van der Waals surface area contributed by atoms with Gasteiger partial charge in [-0.25, -0.2) is 4.98 Å². The molecule has 2 aromatic rings. The second-order valence-corrected chi connectivity index (χ2v) is 7.78. The van der Waals surface area contributed by atoms with Crippen molar-refractivity contribution in [1.82, 2.24) is 19.5 Å². The van der Waals surface area contributed by atoms with E-state index < -0.39 is 43.4 Å². The van der Waals surface area contributed by atoms with Gasteiger partial charge in [0.25, 0.3) is 5.56 Å². The van der Waals surface area contributed by atoms with Gasteiger partial charge in [0.15, 0.2) is 11.2 Å². The van der Waals surface area contributed by atoms with Crippen LogP contribution in [0.5, 0.6) is 0 Å². The molecule has 12 nitrogen and oxygen atoms in total. The van der Waals surface area contributed by atoms with Gasteiger partial charge in [0.1, 0.15) is 18.1 Å². The molecule has 2 aromatic heterocycles. The molecule has 0 aliphatic heterocycles. The summed E-state index contributed by atoms with van der Waals surface area (Å²) in [5.74, 6) is -0.133. The zero-order chi connectivity index (χ0) is 18.6. The molecule has 1 aliphatic rings. The summed E-state index contributed by atoms with van der Waals surface area (Å²) in [6, 6.07) is -0.803. The van der Waals surface area contributed by atoms with Gasteiger partial charge in [0.05, 0.1) is 18.5 Å². The number of hydrogen-bond donors (Lipinski definition) is 6. The second-order valence-electron chi connectivity index (χ2n) is 6.20. The predicted octanol–water partition coefficient (Wildman–Crippen LogP) is -1.72. The normalized spacial score (nSPS) is 30.2. The number of nitrogen functional groups attached to an aromatic ring is 1. The molecule has 0 unspecified atom stereocenters. The number of rotatable bonds is 4. The number of fused-ring (bicyclic) bond motifs is 1. The van der Waals surface area contributed by atoms with E-state index in [1.54, 1.807) is 0 Å². The smallest absolute Gasteiger partial charge is 0.350 e. The standard InChI is InChI=1S/C12H18N5O7P/c1-12(20)6(2-5(8(12)18)24-4-25(21,22)23)17-3-14-7-9(17)15-11(13)16-10(7)19/h3,5-6,8,18,20H,2,4H2,1H3,(H2,21,22,23)(H3,13,15,16,19)/t5-,6+,8+,12-/m0/s1. The maximum absolute atomic E-state index is 11.9. The lowest BCUT2D eigenvalue weighted by Gasteiger charge is -2.29. The Morgan fingerprint density at radius 3 is 2.88 bits per heavy atom. The quantitative estimate of drug-likeness (QED) is 0.334. The average molecular weight is 375 g/mol. The molecule has 0 spiro atoms. The summed E-state index contributed by atoms with van der Waals surface area (Å²) in [6.07, 6.45) is -2.02. The van der Waals surface area contributed by atoms with E-state index in [4.69, 9.17) is 20.3 Å². The Hall–Kier alpha value is -1.82. The number of anilines is 1. The van der Waals surface area contributed by atoms with Crippen LogP contribution in [0.4, 0.5) is 5.95 Å². The van der Waals surface area contributed by atoms with Crippen LogP contribution in [-0.4, -0.2) is 63.7 Å². The molecule has 0 amide bonds. The van der Waals surface area contributed by atoms with Crippen LogP contribution in [-0.2, 0) is 9.30 Å². The highest BCUT2D eigenvalue weighted by Gasteiger charge is 2.53. The van der Waals surface area contributed by atoms with Crippen molar-refractivity contribution in [2.24, 2.45) is 0 Å². The van der Waals surface area contributed by atoms with E-state index in [9.17, 15) is 19.6 Å². The maximum Gasteiger partial charge on any atom is 0.350 e. The van der Waals surface area contributed by atoms with Crippen LogP contribution in [0.1, 0.15) is 19.4 Å². The molecular weight excluding hydrogens is 357 g/mol. The Labute approximate surface area is 140 Å². The molecule has 1 aliphatic carbocycles. The molecule has 0 saturated heterocycles. The summed E-state index contributed by atoms with van der Waals surface area (Å²) < 4.78 is 17.4. The second kappa shape index (κ2) is 5.87. The highest BCUT2D eigenvalue weighted by Crippen LogP contribution is 2.44. The minimum atomic E-state index is -4.43. The number of H-pyrrole nitrogens is 1. The predicted molar refractivity (Wildman–Crippen MR) is 84.6 cm³/mol. The zero-order valence-corrected chi connectivity index (χ0v) is 14.0. The van der Waals surface area contributed by atoms with Crippen LogP contribution in [0.3, 0.4) is 0 Å². The van der Waals surface area contributed by atoms with E-state index in [0.717, 1.165) is 0 Å². The Morgan fingerprint density at radius 2 is 2.24 bits per heavy atom. The van der Waals surface area contributed by atoms with Crippen molar-refractivity contribution in [3.05, 3.63) is 16.7 Å². The van der Waals surface area contributed by atoms with Crippen LogP contribution < -0.4 is 11.3 Å². The lowest BCUT2D eigenvalue weighted by Crippen LogP contribution is -2.44. The van der Waals surface area contributed by atoms with Crippen LogP contribution in [0.25, 0.3) is 11.2 Å². The van der Waals surface area contributed by atoms with Gasteiger partial charge in [-0.05, 0) is 13.3 Å². The third kappa shape index (κ3) is 3.19.